The van der Waals surface area contributed by atoms with Crippen LogP contribution >= 0.6 is 0 Å². The monoisotopic (exact) mass is 229 g/mol. The van der Waals surface area contributed by atoms with Crippen molar-refractivity contribution in [1.29, 1.82) is 0 Å². The minimum absolute atomic E-state index is 0.0145. The molecule has 0 saturated carbocycles. The van der Waals surface area contributed by atoms with Gasteiger partial charge < -0.3 is 0 Å². The lowest BCUT2D eigenvalue weighted by Crippen LogP contribution is -2.59. The van der Waals surface area contributed by atoms with E-state index < -0.39 is 23.9 Å². The first-order valence-corrected chi connectivity index (χ1v) is 2.75. The molecule has 0 bridgehead atoms. The van der Waals surface area contributed by atoms with E-state index in [0.29, 0.717) is 0 Å². The van der Waals surface area contributed by atoms with E-state index in [0.717, 1.165) is 0 Å². The van der Waals surface area contributed by atoms with Gasteiger partial charge >= 0.3 is 23.9 Å². The minimum atomic E-state index is -6.59. The first kappa shape index (κ1) is 12.9. The van der Waals surface area contributed by atoms with Crippen LogP contribution in [0.5, 0.6) is 0 Å². The van der Waals surface area contributed by atoms with Crippen LogP contribution in [0.15, 0.2) is 0 Å². The lowest BCUT2D eigenvalue weighted by molar-refractivity contribution is -0.345. The molecular weight excluding hydrogens is 227 g/mol. The van der Waals surface area contributed by atoms with E-state index in [1.807, 2.05) is 0 Å². The second-order valence-corrected chi connectivity index (χ2v) is 2.09. The summed E-state index contributed by atoms with van der Waals surface area (Å²) in [5.74, 6) is -15.8. The number of alkyl halides is 7. The van der Waals surface area contributed by atoms with Crippen molar-refractivity contribution in [2.45, 2.75) is 18.0 Å². The summed E-state index contributed by atoms with van der Waals surface area (Å²) in [6.07, 6.45) is -6.59. The Bertz CT molecular complexity index is 234. The van der Waals surface area contributed by atoms with Gasteiger partial charge in [0.2, 0.25) is 0 Å². The Labute approximate surface area is 71.5 Å². The summed E-state index contributed by atoms with van der Waals surface area (Å²) < 4.78 is 81.9. The molecule has 84 valence electrons. The molecule has 0 fully saturated rings. The molecular formula is C4H2F7NO2. The molecule has 0 unspecified atom stereocenters. The van der Waals surface area contributed by atoms with E-state index in [1.165, 1.54) is 0 Å². The van der Waals surface area contributed by atoms with Crippen LogP contribution in [0, 0.1) is 0 Å². The summed E-state index contributed by atoms with van der Waals surface area (Å²) in [5, 5.41) is 7.52. The number of halogens is 7. The van der Waals surface area contributed by atoms with E-state index >= 15 is 0 Å². The van der Waals surface area contributed by atoms with Crippen molar-refractivity contribution in [3.63, 3.8) is 0 Å². The number of amides is 1. The number of nitrogens with one attached hydrogen (secondary N) is 1. The third-order valence-electron chi connectivity index (χ3n) is 1.14. The summed E-state index contributed by atoms with van der Waals surface area (Å²) in [7, 11) is 0. The van der Waals surface area contributed by atoms with Crippen molar-refractivity contribution in [3.8, 4) is 0 Å². The molecule has 0 atom stereocenters. The highest BCUT2D eigenvalue weighted by atomic mass is 19.4. The molecule has 0 rings (SSSR count). The fraction of sp³-hybridized carbons (Fsp3) is 0.750. The second-order valence-electron chi connectivity index (χ2n) is 2.09. The highest BCUT2D eigenvalue weighted by Gasteiger charge is 2.76. The number of carbonyl (C=O) groups is 1. The molecule has 0 aromatic carbocycles. The van der Waals surface area contributed by atoms with Crippen molar-refractivity contribution in [2.75, 3.05) is 0 Å². The first-order chi connectivity index (χ1) is 5.98. The smallest absolute Gasteiger partial charge is 0.288 e. The zero-order chi connectivity index (χ0) is 11.8. The van der Waals surface area contributed by atoms with Crippen molar-refractivity contribution < 1.29 is 40.7 Å². The molecule has 0 radical (unpaired) electrons. The predicted octanol–water partition coefficient (Wildman–Crippen LogP) is 1.32. The molecule has 3 nitrogen and oxygen atoms in total. The molecule has 0 heterocycles. The van der Waals surface area contributed by atoms with Gasteiger partial charge in [-0.3, -0.25) is 10.0 Å². The highest BCUT2D eigenvalue weighted by molar-refractivity contribution is 5.83. The van der Waals surface area contributed by atoms with Crippen LogP contribution in [-0.2, 0) is 4.79 Å². The third kappa shape index (κ3) is 1.74. The summed E-state index contributed by atoms with van der Waals surface area (Å²) in [6, 6.07) is 0. The Hall–Kier alpha value is -1.06. The molecule has 1 amide bonds. The Morgan fingerprint density at radius 2 is 1.36 bits per heavy atom. The van der Waals surface area contributed by atoms with Gasteiger partial charge in [-0.1, -0.05) is 0 Å². The fourth-order valence-electron chi connectivity index (χ4n) is 0.391. The largest absolute Gasteiger partial charge is 0.460 e. The molecule has 0 aliphatic heterocycles. The maximum Gasteiger partial charge on any atom is 0.460 e. The second kappa shape index (κ2) is 3.26. The molecule has 0 aromatic rings. The van der Waals surface area contributed by atoms with Crippen molar-refractivity contribution >= 4 is 5.91 Å². The topological polar surface area (TPSA) is 49.3 Å². The van der Waals surface area contributed by atoms with E-state index in [1.54, 1.807) is 0 Å². The van der Waals surface area contributed by atoms with Gasteiger partial charge in [-0.25, -0.2) is 5.48 Å². The van der Waals surface area contributed by atoms with Crippen LogP contribution in [0.4, 0.5) is 30.7 Å². The lowest BCUT2D eigenvalue weighted by Gasteiger charge is -2.25. The van der Waals surface area contributed by atoms with E-state index in [9.17, 15) is 35.5 Å². The Morgan fingerprint density at radius 3 is 1.57 bits per heavy atom. The quantitative estimate of drug-likeness (QED) is 0.426. The Morgan fingerprint density at radius 1 is 1.00 bits per heavy atom. The van der Waals surface area contributed by atoms with E-state index in [4.69, 9.17) is 5.21 Å². The number of carbonyl (C=O) groups excluding carboxylic acids is 1. The summed E-state index contributed by atoms with van der Waals surface area (Å²) in [4.78, 5) is 9.84. The van der Waals surface area contributed by atoms with Gasteiger partial charge in [0.25, 0.3) is 0 Å². The molecule has 14 heavy (non-hydrogen) atoms. The van der Waals surface area contributed by atoms with Crippen LogP contribution in [0.2, 0.25) is 0 Å². The van der Waals surface area contributed by atoms with Crippen LogP contribution in [-0.4, -0.2) is 29.1 Å². The van der Waals surface area contributed by atoms with Gasteiger partial charge in [-0.2, -0.15) is 30.7 Å². The van der Waals surface area contributed by atoms with Gasteiger partial charge in [-0.15, -0.1) is 0 Å². The zero-order valence-corrected chi connectivity index (χ0v) is 6.00. The first-order valence-electron chi connectivity index (χ1n) is 2.75. The molecule has 0 aliphatic carbocycles. The standard InChI is InChI=1S/C4H2F7NO2/c5-2(6,1(13)12-14)3(7,8)4(9,10)11/h14H,(H,12,13). The highest BCUT2D eigenvalue weighted by Crippen LogP contribution is 2.46. The molecule has 0 spiro atoms. The molecule has 10 heteroatoms. The molecule has 0 saturated heterocycles. The van der Waals surface area contributed by atoms with E-state index in [-0.39, 0.29) is 5.48 Å². The maximum atomic E-state index is 12.0. The van der Waals surface area contributed by atoms with Gasteiger partial charge in [0, 0.05) is 0 Å². The van der Waals surface area contributed by atoms with Crippen LogP contribution in [0.25, 0.3) is 0 Å². The lowest BCUT2D eigenvalue weighted by atomic mass is 10.1. The molecule has 0 aromatic heterocycles. The Kier molecular flexibility index (Phi) is 3.01. The maximum absolute atomic E-state index is 12.0. The normalized spacial score (nSPS) is 14.0. The average molecular weight is 229 g/mol. The predicted molar refractivity (Wildman–Crippen MR) is 25.9 cm³/mol. The zero-order valence-electron chi connectivity index (χ0n) is 6.00. The molecule has 0 aliphatic rings. The third-order valence-corrected chi connectivity index (χ3v) is 1.14. The van der Waals surface area contributed by atoms with Crippen LogP contribution < -0.4 is 5.48 Å². The number of hydroxylamine groups is 1. The number of rotatable bonds is 2. The fourth-order valence-corrected chi connectivity index (χ4v) is 0.391. The average Bonchev–Trinajstić information content (AvgIpc) is 2.00. The van der Waals surface area contributed by atoms with Crippen molar-refractivity contribution in [2.24, 2.45) is 0 Å². The van der Waals surface area contributed by atoms with Crippen LogP contribution in [0.1, 0.15) is 0 Å². The Balaban J connectivity index is 5.18. The van der Waals surface area contributed by atoms with Gasteiger partial charge in [0.05, 0.1) is 0 Å². The summed E-state index contributed by atoms with van der Waals surface area (Å²) in [6.45, 7) is 0. The van der Waals surface area contributed by atoms with E-state index in [2.05, 4.69) is 0 Å². The van der Waals surface area contributed by atoms with Crippen molar-refractivity contribution in [3.05, 3.63) is 0 Å². The SMILES string of the molecule is O=C(NO)C(F)(F)C(F)(F)C(F)(F)F. The number of hydrogen-bond acceptors (Lipinski definition) is 2. The summed E-state index contributed by atoms with van der Waals surface area (Å²) in [5.41, 5.74) is 0.0145. The molecule has 2 N–H and O–H groups in total. The minimum Gasteiger partial charge on any atom is -0.288 e. The summed E-state index contributed by atoms with van der Waals surface area (Å²) >= 11 is 0. The van der Waals surface area contributed by atoms with Gasteiger partial charge in [0.1, 0.15) is 0 Å². The van der Waals surface area contributed by atoms with Gasteiger partial charge in [0.15, 0.2) is 0 Å². The van der Waals surface area contributed by atoms with Crippen molar-refractivity contribution in [1.82, 2.24) is 5.48 Å². The van der Waals surface area contributed by atoms with Gasteiger partial charge in [-0.05, 0) is 0 Å². The number of hydrogen-bond donors (Lipinski definition) is 2. The van der Waals surface area contributed by atoms with Crippen LogP contribution in [0.3, 0.4) is 0 Å².